The van der Waals surface area contributed by atoms with Gasteiger partial charge in [0.15, 0.2) is 6.10 Å². The van der Waals surface area contributed by atoms with Crippen molar-refractivity contribution in [1.29, 1.82) is 0 Å². The average molecular weight is 863 g/mol. The molecule has 6 nitrogen and oxygen atoms in total. The van der Waals surface area contributed by atoms with Crippen LogP contribution in [0.5, 0.6) is 0 Å². The minimum absolute atomic E-state index is 0.0644. The number of carbonyl (C=O) groups excluding carboxylic acids is 3. The van der Waals surface area contributed by atoms with Gasteiger partial charge in [-0.05, 0) is 37.0 Å². The fourth-order valence-electron chi connectivity index (χ4n) is 8.26. The summed E-state index contributed by atoms with van der Waals surface area (Å²) in [4.78, 5) is 38.0. The Hall–Kier alpha value is -1.59. The quantitative estimate of drug-likeness (QED) is 0.0344. The Labute approximate surface area is 380 Å². The van der Waals surface area contributed by atoms with Gasteiger partial charge in [0, 0.05) is 19.3 Å². The molecule has 1 unspecified atom stereocenters. The Morgan fingerprint density at radius 1 is 0.328 bits per heavy atom. The van der Waals surface area contributed by atoms with Gasteiger partial charge in [0.2, 0.25) is 0 Å². The van der Waals surface area contributed by atoms with E-state index in [1.165, 1.54) is 180 Å². The zero-order chi connectivity index (χ0) is 44.9. The molecular formula is C55H106O6. The molecule has 6 heteroatoms. The van der Waals surface area contributed by atoms with Gasteiger partial charge in [-0.25, -0.2) is 0 Å². The maximum Gasteiger partial charge on any atom is 0.306 e. The number of hydrogen-bond donors (Lipinski definition) is 0. The van der Waals surface area contributed by atoms with Crippen LogP contribution < -0.4 is 0 Å². The number of esters is 3. The Kier molecular flexibility index (Phi) is 45.2. The topological polar surface area (TPSA) is 78.9 Å². The van der Waals surface area contributed by atoms with Crippen LogP contribution in [0.3, 0.4) is 0 Å². The van der Waals surface area contributed by atoms with Gasteiger partial charge >= 0.3 is 17.9 Å². The molecule has 0 heterocycles. The highest BCUT2D eigenvalue weighted by Gasteiger charge is 2.19. The molecule has 61 heavy (non-hydrogen) atoms. The van der Waals surface area contributed by atoms with Crippen LogP contribution in [-0.4, -0.2) is 37.2 Å². The lowest BCUT2D eigenvalue weighted by molar-refractivity contribution is -0.167. The minimum Gasteiger partial charge on any atom is -0.462 e. The van der Waals surface area contributed by atoms with Crippen LogP contribution in [0.1, 0.15) is 298 Å². The van der Waals surface area contributed by atoms with Crippen LogP contribution in [0.15, 0.2) is 0 Å². The summed E-state index contributed by atoms with van der Waals surface area (Å²) in [6.45, 7) is 13.8. The molecular weight excluding hydrogens is 757 g/mol. The number of ether oxygens (including phenoxy) is 3. The van der Waals surface area contributed by atoms with E-state index in [2.05, 4.69) is 41.5 Å². The average Bonchev–Trinajstić information content (AvgIpc) is 3.23. The van der Waals surface area contributed by atoms with Crippen LogP contribution in [-0.2, 0) is 28.6 Å². The zero-order valence-corrected chi connectivity index (χ0v) is 42.0. The van der Waals surface area contributed by atoms with Crippen molar-refractivity contribution in [2.45, 2.75) is 304 Å². The molecule has 0 aliphatic rings. The molecule has 0 aliphatic carbocycles. The van der Waals surface area contributed by atoms with Crippen LogP contribution in [0.2, 0.25) is 0 Å². The Balaban J connectivity index is 4.33. The molecule has 2 atom stereocenters. The summed E-state index contributed by atoms with van der Waals surface area (Å²) in [6, 6.07) is 0. The zero-order valence-electron chi connectivity index (χ0n) is 42.0. The first-order valence-corrected chi connectivity index (χ1v) is 27.1. The fraction of sp³-hybridized carbons (Fsp3) is 0.945. The number of rotatable bonds is 48. The first-order chi connectivity index (χ1) is 29.6. The van der Waals surface area contributed by atoms with E-state index in [1.54, 1.807) is 0 Å². The molecule has 0 amide bonds. The molecule has 0 aromatic rings. The third kappa shape index (κ3) is 47.7. The van der Waals surface area contributed by atoms with Gasteiger partial charge in [-0.2, -0.15) is 0 Å². The Morgan fingerprint density at radius 3 is 0.852 bits per heavy atom. The summed E-state index contributed by atoms with van der Waals surface area (Å²) in [5.74, 6) is 1.68. The van der Waals surface area contributed by atoms with Crippen molar-refractivity contribution in [3.63, 3.8) is 0 Å². The summed E-state index contributed by atoms with van der Waals surface area (Å²) < 4.78 is 16.8. The molecule has 0 aromatic heterocycles. The van der Waals surface area contributed by atoms with E-state index in [1.807, 2.05) is 0 Å². The van der Waals surface area contributed by atoms with Gasteiger partial charge in [-0.3, -0.25) is 14.4 Å². The highest BCUT2D eigenvalue weighted by atomic mass is 16.6. The van der Waals surface area contributed by atoms with Crippen molar-refractivity contribution < 1.29 is 28.6 Å². The standard InChI is InChI=1S/C55H106O6/c1-7-51(6)43-37-31-25-19-14-16-21-27-33-39-45-54(57)60-48-52(47-59-53(56)44-38-32-26-20-15-13-18-24-30-36-42-50(4)5)61-55(58)46-40-34-28-22-12-10-8-9-11-17-23-29-35-41-49(2)3/h49-52H,7-48H2,1-6H3/t51?,52-/m0/s1. The van der Waals surface area contributed by atoms with Crippen molar-refractivity contribution in [3.8, 4) is 0 Å². The van der Waals surface area contributed by atoms with Crippen LogP contribution in [0.4, 0.5) is 0 Å². The van der Waals surface area contributed by atoms with Crippen molar-refractivity contribution >= 4 is 17.9 Å². The van der Waals surface area contributed by atoms with Gasteiger partial charge in [0.05, 0.1) is 0 Å². The predicted octanol–water partition coefficient (Wildman–Crippen LogP) is 17.6. The van der Waals surface area contributed by atoms with Crippen molar-refractivity contribution in [3.05, 3.63) is 0 Å². The van der Waals surface area contributed by atoms with Gasteiger partial charge in [0.1, 0.15) is 13.2 Å². The number of unbranched alkanes of at least 4 members (excludes halogenated alkanes) is 30. The third-order valence-corrected chi connectivity index (χ3v) is 12.8. The first-order valence-electron chi connectivity index (χ1n) is 27.1. The highest BCUT2D eigenvalue weighted by molar-refractivity contribution is 5.71. The summed E-state index contributed by atoms with van der Waals surface area (Å²) >= 11 is 0. The molecule has 0 saturated carbocycles. The maximum absolute atomic E-state index is 12.8. The molecule has 0 rings (SSSR count). The normalized spacial score (nSPS) is 12.6. The molecule has 0 saturated heterocycles. The van der Waals surface area contributed by atoms with E-state index >= 15 is 0 Å². The second kappa shape index (κ2) is 46.4. The van der Waals surface area contributed by atoms with E-state index in [0.717, 1.165) is 75.5 Å². The lowest BCUT2D eigenvalue weighted by Gasteiger charge is -2.18. The summed E-state index contributed by atoms with van der Waals surface area (Å²) in [5.41, 5.74) is 0. The van der Waals surface area contributed by atoms with Gasteiger partial charge < -0.3 is 14.2 Å². The third-order valence-electron chi connectivity index (χ3n) is 12.8. The maximum atomic E-state index is 12.8. The van der Waals surface area contributed by atoms with Crippen LogP contribution in [0, 0.1) is 17.8 Å². The van der Waals surface area contributed by atoms with E-state index in [9.17, 15) is 14.4 Å². The number of carbonyl (C=O) groups is 3. The SMILES string of the molecule is CCC(C)CCCCCCCCCCCCC(=O)OC[C@H](COC(=O)CCCCCCCCCCCCC(C)C)OC(=O)CCCCCCCCCCCCCCCC(C)C. The Morgan fingerprint density at radius 2 is 0.574 bits per heavy atom. The molecule has 0 aliphatic heterocycles. The lowest BCUT2D eigenvalue weighted by Crippen LogP contribution is -2.30. The van der Waals surface area contributed by atoms with E-state index < -0.39 is 6.10 Å². The molecule has 362 valence electrons. The second-order valence-electron chi connectivity index (χ2n) is 20.1. The van der Waals surface area contributed by atoms with Crippen LogP contribution in [0.25, 0.3) is 0 Å². The van der Waals surface area contributed by atoms with Crippen molar-refractivity contribution in [2.24, 2.45) is 17.8 Å². The van der Waals surface area contributed by atoms with Gasteiger partial charge in [-0.1, -0.05) is 260 Å². The fourth-order valence-corrected chi connectivity index (χ4v) is 8.26. The molecule has 0 spiro atoms. The molecule has 0 bridgehead atoms. The lowest BCUT2D eigenvalue weighted by atomic mass is 9.99. The van der Waals surface area contributed by atoms with Crippen molar-refractivity contribution in [2.75, 3.05) is 13.2 Å². The van der Waals surface area contributed by atoms with Crippen molar-refractivity contribution in [1.82, 2.24) is 0 Å². The summed E-state index contributed by atoms with van der Waals surface area (Å²) in [7, 11) is 0. The van der Waals surface area contributed by atoms with E-state index in [-0.39, 0.29) is 31.1 Å². The highest BCUT2D eigenvalue weighted by Crippen LogP contribution is 2.18. The molecule has 0 fully saturated rings. The van der Waals surface area contributed by atoms with Gasteiger partial charge in [0.25, 0.3) is 0 Å². The first kappa shape index (κ1) is 59.4. The molecule has 0 radical (unpaired) electrons. The second-order valence-corrected chi connectivity index (χ2v) is 20.1. The smallest absolute Gasteiger partial charge is 0.306 e. The largest absolute Gasteiger partial charge is 0.462 e. The summed E-state index contributed by atoms with van der Waals surface area (Å²) in [5, 5.41) is 0. The van der Waals surface area contributed by atoms with E-state index in [4.69, 9.17) is 14.2 Å². The summed E-state index contributed by atoms with van der Waals surface area (Å²) in [6.07, 6.45) is 46.5. The predicted molar refractivity (Wildman–Crippen MR) is 261 cm³/mol. The monoisotopic (exact) mass is 863 g/mol. The molecule has 0 N–H and O–H groups in total. The van der Waals surface area contributed by atoms with Crippen LogP contribution >= 0.6 is 0 Å². The minimum atomic E-state index is -0.763. The Bertz CT molecular complexity index is 947. The van der Waals surface area contributed by atoms with E-state index in [0.29, 0.717) is 19.3 Å². The molecule has 0 aromatic carbocycles. The van der Waals surface area contributed by atoms with Gasteiger partial charge in [-0.15, -0.1) is 0 Å². The number of hydrogen-bond acceptors (Lipinski definition) is 6.